The van der Waals surface area contributed by atoms with Crippen LogP contribution in [0.5, 0.6) is 0 Å². The first-order valence-electron chi connectivity index (χ1n) is 11.4. The summed E-state index contributed by atoms with van der Waals surface area (Å²) in [4.78, 5) is 60.9. The highest BCUT2D eigenvalue weighted by atomic mass is 16.4. The van der Waals surface area contributed by atoms with Crippen LogP contribution in [0.25, 0.3) is 0 Å². The number of carbonyl (C=O) groups is 5. The third-order valence-corrected chi connectivity index (χ3v) is 5.69. The molecule has 0 rings (SSSR count). The minimum Gasteiger partial charge on any atom is -0.481 e. The van der Waals surface area contributed by atoms with Crippen LogP contribution in [0.15, 0.2) is 0 Å². The van der Waals surface area contributed by atoms with Gasteiger partial charge in [-0.15, -0.1) is 0 Å². The van der Waals surface area contributed by atoms with Crippen LogP contribution in [0.2, 0.25) is 0 Å². The first-order chi connectivity index (χ1) is 15.2. The Morgan fingerprint density at radius 3 is 1.67 bits per heavy atom. The maximum Gasteiger partial charge on any atom is 0.326 e. The quantitative estimate of drug-likeness (QED) is 0.198. The highest BCUT2D eigenvalue weighted by Crippen LogP contribution is 2.11. The van der Waals surface area contributed by atoms with Crippen molar-refractivity contribution in [2.75, 3.05) is 0 Å². The lowest BCUT2D eigenvalue weighted by molar-refractivity contribution is -0.144. The smallest absolute Gasteiger partial charge is 0.326 e. The average Bonchev–Trinajstić information content (AvgIpc) is 2.73. The second-order valence-electron chi connectivity index (χ2n) is 8.97. The molecule has 11 nitrogen and oxygen atoms in total. The van der Waals surface area contributed by atoms with Crippen LogP contribution in [0.3, 0.4) is 0 Å². The van der Waals surface area contributed by atoms with Crippen molar-refractivity contribution >= 4 is 29.7 Å². The van der Waals surface area contributed by atoms with Crippen molar-refractivity contribution in [3.63, 3.8) is 0 Å². The zero-order valence-corrected chi connectivity index (χ0v) is 20.4. The van der Waals surface area contributed by atoms with E-state index in [1.807, 2.05) is 27.7 Å². The van der Waals surface area contributed by atoms with E-state index in [0.29, 0.717) is 12.8 Å². The summed E-state index contributed by atoms with van der Waals surface area (Å²) in [7, 11) is 0. The minimum absolute atomic E-state index is 0.00517. The van der Waals surface area contributed by atoms with Crippen molar-refractivity contribution in [2.45, 2.75) is 91.4 Å². The predicted molar refractivity (Wildman–Crippen MR) is 122 cm³/mol. The number of hydrogen-bond donors (Lipinski definition) is 6. The Hall–Kier alpha value is -2.69. The van der Waals surface area contributed by atoms with E-state index in [0.717, 1.165) is 0 Å². The third kappa shape index (κ3) is 10.6. The molecule has 0 radical (unpaired) electrons. The van der Waals surface area contributed by atoms with E-state index in [1.165, 1.54) is 0 Å². The zero-order valence-electron chi connectivity index (χ0n) is 20.4. The van der Waals surface area contributed by atoms with Crippen LogP contribution in [0.1, 0.15) is 67.2 Å². The lowest BCUT2D eigenvalue weighted by Crippen LogP contribution is -2.58. The van der Waals surface area contributed by atoms with Crippen LogP contribution < -0.4 is 21.7 Å². The summed E-state index contributed by atoms with van der Waals surface area (Å²) in [6.45, 7) is 10.8. The molecule has 6 unspecified atom stereocenters. The molecular formula is C22H40N4O7. The first kappa shape index (κ1) is 30.3. The molecule has 11 heteroatoms. The molecule has 0 fully saturated rings. The van der Waals surface area contributed by atoms with Gasteiger partial charge in [0.05, 0.1) is 12.5 Å². The maximum atomic E-state index is 12.9. The summed E-state index contributed by atoms with van der Waals surface area (Å²) in [5.74, 6) is -5.35. The number of nitrogens with one attached hydrogen (secondary N) is 3. The molecule has 0 aromatic carbocycles. The Balaban J connectivity index is 5.61. The van der Waals surface area contributed by atoms with Gasteiger partial charge in [-0.1, -0.05) is 54.4 Å². The molecule has 0 heterocycles. The fourth-order valence-electron chi connectivity index (χ4n) is 3.08. The van der Waals surface area contributed by atoms with Crippen LogP contribution >= 0.6 is 0 Å². The summed E-state index contributed by atoms with van der Waals surface area (Å²) in [5.41, 5.74) is 5.95. The zero-order chi connectivity index (χ0) is 25.9. The summed E-state index contributed by atoms with van der Waals surface area (Å²) in [6, 6.07) is -4.63. The highest BCUT2D eigenvalue weighted by Gasteiger charge is 2.33. The summed E-state index contributed by atoms with van der Waals surface area (Å²) in [5, 5.41) is 25.9. The molecular weight excluding hydrogens is 432 g/mol. The number of hydrogen-bond acceptors (Lipinski definition) is 6. The highest BCUT2D eigenvalue weighted by molar-refractivity contribution is 5.95. The standard InChI is InChI=1S/C22H40N4O7/c1-7-12(5)17(23)21(31)25-14(9-11(3)4)19(29)24-15(10-16(27)28)20(30)26-18(22(32)33)13(6)8-2/h11-15,17-18H,7-10,23H2,1-6H3,(H,24,29)(H,25,31)(H,26,30)(H,27,28)(H,32,33). The molecule has 190 valence electrons. The molecule has 0 saturated carbocycles. The molecule has 3 amide bonds. The van der Waals surface area contributed by atoms with Crippen molar-refractivity contribution in [3.8, 4) is 0 Å². The summed E-state index contributed by atoms with van der Waals surface area (Å²) >= 11 is 0. The van der Waals surface area contributed by atoms with Gasteiger partial charge in [0.2, 0.25) is 17.7 Å². The van der Waals surface area contributed by atoms with Gasteiger partial charge in [0.1, 0.15) is 18.1 Å². The number of nitrogens with two attached hydrogens (primary N) is 1. The molecule has 0 aromatic rings. The second-order valence-corrected chi connectivity index (χ2v) is 8.97. The van der Waals surface area contributed by atoms with Crippen LogP contribution in [0, 0.1) is 17.8 Å². The Labute approximate surface area is 195 Å². The van der Waals surface area contributed by atoms with Gasteiger partial charge in [-0.05, 0) is 24.2 Å². The number of carboxylic acids is 2. The van der Waals surface area contributed by atoms with Gasteiger partial charge in [-0.3, -0.25) is 19.2 Å². The van der Waals surface area contributed by atoms with Gasteiger partial charge in [0.25, 0.3) is 0 Å². The third-order valence-electron chi connectivity index (χ3n) is 5.69. The topological polar surface area (TPSA) is 188 Å². The molecule has 0 aromatic heterocycles. The molecule has 0 aliphatic heterocycles. The van der Waals surface area contributed by atoms with E-state index in [4.69, 9.17) is 5.73 Å². The average molecular weight is 473 g/mol. The fourth-order valence-corrected chi connectivity index (χ4v) is 3.08. The fraction of sp³-hybridized carbons (Fsp3) is 0.773. The Morgan fingerprint density at radius 2 is 1.24 bits per heavy atom. The first-order valence-corrected chi connectivity index (χ1v) is 11.4. The Morgan fingerprint density at radius 1 is 0.758 bits per heavy atom. The molecule has 0 saturated heterocycles. The van der Waals surface area contributed by atoms with Crippen molar-refractivity contribution in [2.24, 2.45) is 23.5 Å². The number of carbonyl (C=O) groups excluding carboxylic acids is 3. The lowest BCUT2D eigenvalue weighted by atomic mass is 9.97. The number of amides is 3. The van der Waals surface area contributed by atoms with Crippen molar-refractivity contribution in [1.29, 1.82) is 0 Å². The van der Waals surface area contributed by atoms with Gasteiger partial charge in [-0.2, -0.15) is 0 Å². The predicted octanol–water partition coefficient (Wildman–Crippen LogP) is 0.466. The SMILES string of the molecule is CCC(C)C(N)C(=O)NC(CC(C)C)C(=O)NC(CC(=O)O)C(=O)NC(C(=O)O)C(C)CC. The maximum absolute atomic E-state index is 12.9. The molecule has 0 aliphatic rings. The Bertz CT molecular complexity index is 698. The largest absolute Gasteiger partial charge is 0.481 e. The van der Waals surface area contributed by atoms with Crippen LogP contribution in [-0.4, -0.2) is 64.0 Å². The van der Waals surface area contributed by atoms with E-state index < -0.39 is 66.2 Å². The molecule has 0 aliphatic carbocycles. The molecule has 0 bridgehead atoms. The van der Waals surface area contributed by atoms with E-state index in [1.54, 1.807) is 13.8 Å². The van der Waals surface area contributed by atoms with Gasteiger partial charge >= 0.3 is 11.9 Å². The normalized spacial score (nSPS) is 16.6. The van der Waals surface area contributed by atoms with Crippen molar-refractivity contribution in [3.05, 3.63) is 0 Å². The summed E-state index contributed by atoms with van der Waals surface area (Å²) < 4.78 is 0. The van der Waals surface area contributed by atoms with E-state index in [2.05, 4.69) is 16.0 Å². The second kappa shape index (κ2) is 14.5. The number of carboxylic acid groups (broad SMARTS) is 2. The van der Waals surface area contributed by atoms with Gasteiger partial charge in [-0.25, -0.2) is 4.79 Å². The molecule has 33 heavy (non-hydrogen) atoms. The number of aliphatic carboxylic acids is 2. The van der Waals surface area contributed by atoms with E-state index >= 15 is 0 Å². The van der Waals surface area contributed by atoms with Crippen molar-refractivity contribution < 1.29 is 34.2 Å². The molecule has 0 spiro atoms. The van der Waals surface area contributed by atoms with E-state index in [9.17, 15) is 34.2 Å². The number of rotatable bonds is 15. The summed E-state index contributed by atoms with van der Waals surface area (Å²) in [6.07, 6.45) is 0.611. The van der Waals surface area contributed by atoms with Gasteiger partial charge in [0.15, 0.2) is 0 Å². The van der Waals surface area contributed by atoms with Crippen molar-refractivity contribution in [1.82, 2.24) is 16.0 Å². The van der Waals surface area contributed by atoms with Gasteiger partial charge in [0, 0.05) is 0 Å². The molecule has 7 N–H and O–H groups in total. The van der Waals surface area contributed by atoms with Crippen LogP contribution in [0.4, 0.5) is 0 Å². The lowest BCUT2D eigenvalue weighted by Gasteiger charge is -2.27. The minimum atomic E-state index is -1.52. The van der Waals surface area contributed by atoms with Gasteiger partial charge < -0.3 is 31.9 Å². The monoisotopic (exact) mass is 472 g/mol. The van der Waals surface area contributed by atoms with E-state index in [-0.39, 0.29) is 18.3 Å². The molecule has 6 atom stereocenters. The van der Waals surface area contributed by atoms with Crippen LogP contribution in [-0.2, 0) is 24.0 Å². The Kier molecular flexibility index (Phi) is 13.3.